The monoisotopic (exact) mass is 257 g/mol. The average molecular weight is 257 g/mol. The predicted octanol–water partition coefficient (Wildman–Crippen LogP) is 0.545. The first-order valence-electron chi connectivity index (χ1n) is 5.71. The summed E-state index contributed by atoms with van der Waals surface area (Å²) in [5, 5.41) is 6.33. The van der Waals surface area contributed by atoms with E-state index in [1.54, 1.807) is 12.1 Å². The summed E-state index contributed by atoms with van der Waals surface area (Å²) in [7, 11) is 0. The van der Waals surface area contributed by atoms with Crippen LogP contribution >= 0.6 is 0 Å². The van der Waals surface area contributed by atoms with Gasteiger partial charge in [-0.1, -0.05) is 24.3 Å². The van der Waals surface area contributed by atoms with Gasteiger partial charge in [0.05, 0.1) is 0 Å². The van der Waals surface area contributed by atoms with Crippen LogP contribution in [0.5, 0.6) is 0 Å². The second-order valence-corrected chi connectivity index (χ2v) is 4.32. The average Bonchev–Trinajstić information content (AvgIpc) is 2.72. The van der Waals surface area contributed by atoms with Gasteiger partial charge in [-0.15, -0.1) is 5.10 Å². The molecule has 0 saturated heterocycles. The molecule has 1 amide bonds. The van der Waals surface area contributed by atoms with Crippen LogP contribution in [0.25, 0.3) is 0 Å². The zero-order valence-corrected chi connectivity index (χ0v) is 10.1. The highest BCUT2D eigenvalue weighted by atomic mass is 16.2. The topological polar surface area (TPSA) is 103 Å². The molecular weight excluding hydrogens is 246 g/mol. The third kappa shape index (κ3) is 1.67. The van der Waals surface area contributed by atoms with Crippen molar-refractivity contribution in [2.75, 3.05) is 11.1 Å². The molecule has 0 bridgehead atoms. The molecule has 1 unspecified atom stereocenters. The molecular formula is C12H11N5O2. The van der Waals surface area contributed by atoms with Gasteiger partial charge in [-0.2, -0.15) is 9.67 Å². The number of benzene rings is 1. The summed E-state index contributed by atoms with van der Waals surface area (Å²) in [6.45, 7) is 1.85. The molecule has 2 aromatic rings. The summed E-state index contributed by atoms with van der Waals surface area (Å²) < 4.78 is 1.04. The van der Waals surface area contributed by atoms with Crippen molar-refractivity contribution in [3.05, 3.63) is 35.4 Å². The third-order valence-electron chi connectivity index (χ3n) is 3.08. The number of nitrogens with one attached hydrogen (secondary N) is 1. The van der Waals surface area contributed by atoms with Crippen LogP contribution in [-0.4, -0.2) is 26.6 Å². The van der Waals surface area contributed by atoms with Crippen molar-refractivity contribution in [3.8, 4) is 0 Å². The zero-order valence-electron chi connectivity index (χ0n) is 10.1. The van der Waals surface area contributed by atoms with Crippen LogP contribution in [0.4, 0.5) is 11.9 Å². The third-order valence-corrected chi connectivity index (χ3v) is 3.08. The maximum Gasteiger partial charge on any atom is 0.267 e. The molecule has 0 fully saturated rings. The highest BCUT2D eigenvalue weighted by Gasteiger charge is 2.38. The number of fused-ring (bicyclic) bond motifs is 1. The van der Waals surface area contributed by atoms with Crippen molar-refractivity contribution in [2.24, 2.45) is 0 Å². The van der Waals surface area contributed by atoms with E-state index in [0.717, 1.165) is 10.2 Å². The van der Waals surface area contributed by atoms with Gasteiger partial charge in [-0.25, -0.2) is 0 Å². The van der Waals surface area contributed by atoms with Gasteiger partial charge >= 0.3 is 0 Å². The molecule has 3 rings (SSSR count). The molecule has 1 atom stereocenters. The smallest absolute Gasteiger partial charge is 0.267 e. The summed E-state index contributed by atoms with van der Waals surface area (Å²) >= 11 is 0. The number of nitrogens with two attached hydrogens (primary N) is 1. The van der Waals surface area contributed by atoms with Crippen molar-refractivity contribution in [1.82, 2.24) is 14.8 Å². The van der Waals surface area contributed by atoms with Crippen LogP contribution in [0.3, 0.4) is 0 Å². The summed E-state index contributed by atoms with van der Waals surface area (Å²) in [6.07, 6.45) is 0. The number of hydrogen-bond donors (Lipinski definition) is 2. The highest BCUT2D eigenvalue weighted by molar-refractivity contribution is 6.15. The molecule has 1 aliphatic heterocycles. The number of amides is 1. The van der Waals surface area contributed by atoms with E-state index in [0.29, 0.717) is 5.56 Å². The van der Waals surface area contributed by atoms with E-state index in [-0.39, 0.29) is 11.9 Å². The Labute approximate surface area is 108 Å². The molecule has 1 aromatic heterocycles. The number of anilines is 2. The Kier molecular flexibility index (Phi) is 2.34. The van der Waals surface area contributed by atoms with Crippen LogP contribution in [0.2, 0.25) is 0 Å². The number of rotatable bonds is 1. The summed E-state index contributed by atoms with van der Waals surface area (Å²) in [5.41, 5.74) is 6.96. The van der Waals surface area contributed by atoms with E-state index in [4.69, 9.17) is 5.73 Å². The number of nitrogens with zero attached hydrogens (tertiary/aromatic N) is 3. The fourth-order valence-corrected chi connectivity index (χ4v) is 2.16. The van der Waals surface area contributed by atoms with Crippen molar-refractivity contribution in [2.45, 2.75) is 12.8 Å². The van der Waals surface area contributed by atoms with Gasteiger partial charge in [-0.3, -0.25) is 14.9 Å². The summed E-state index contributed by atoms with van der Waals surface area (Å²) in [4.78, 5) is 28.2. The lowest BCUT2D eigenvalue weighted by molar-refractivity contribution is -0.117. The first kappa shape index (κ1) is 11.4. The van der Waals surface area contributed by atoms with E-state index < -0.39 is 17.7 Å². The normalized spacial score (nSPS) is 18.1. The lowest BCUT2D eigenvalue weighted by Gasteiger charge is -2.21. The Balaban J connectivity index is 2.12. The Morgan fingerprint density at radius 1 is 1.32 bits per heavy atom. The Morgan fingerprint density at radius 2 is 2.05 bits per heavy atom. The van der Waals surface area contributed by atoms with Crippen LogP contribution in [0, 0.1) is 6.92 Å². The van der Waals surface area contributed by atoms with E-state index in [2.05, 4.69) is 15.4 Å². The molecule has 0 spiro atoms. The van der Waals surface area contributed by atoms with Gasteiger partial charge in [0.2, 0.25) is 17.8 Å². The molecule has 0 saturated carbocycles. The minimum Gasteiger partial charge on any atom is -0.366 e. The molecule has 96 valence electrons. The van der Waals surface area contributed by atoms with E-state index >= 15 is 0 Å². The minimum atomic E-state index is -0.921. The molecule has 0 aliphatic carbocycles. The van der Waals surface area contributed by atoms with Gasteiger partial charge < -0.3 is 5.73 Å². The second-order valence-electron chi connectivity index (χ2n) is 4.32. The van der Waals surface area contributed by atoms with Crippen molar-refractivity contribution < 1.29 is 9.59 Å². The quantitative estimate of drug-likeness (QED) is 0.726. The SMILES string of the molecule is Cc1ccccc1C1C(=O)Nc2nc(N)nn2C1=O. The van der Waals surface area contributed by atoms with E-state index in [1.165, 1.54) is 0 Å². The molecule has 1 aliphatic rings. The van der Waals surface area contributed by atoms with Gasteiger partial charge in [0, 0.05) is 0 Å². The highest BCUT2D eigenvalue weighted by Crippen LogP contribution is 2.27. The van der Waals surface area contributed by atoms with Crippen molar-refractivity contribution in [3.63, 3.8) is 0 Å². The fourth-order valence-electron chi connectivity index (χ4n) is 2.16. The molecule has 7 heteroatoms. The Bertz CT molecular complexity index is 691. The maximum absolute atomic E-state index is 12.3. The molecule has 19 heavy (non-hydrogen) atoms. The molecule has 0 radical (unpaired) electrons. The second kappa shape index (κ2) is 3.91. The standard InChI is InChI=1S/C12H11N5O2/c1-6-4-2-3-5-7(6)8-9(18)14-12-15-11(13)16-17(12)10(8)19/h2-5,8H,1H3,(H3,13,14,15,16,18). The number of carbonyl (C=O) groups excluding carboxylic acids is 2. The number of carbonyl (C=O) groups is 2. The molecule has 7 nitrogen and oxygen atoms in total. The lowest BCUT2D eigenvalue weighted by Crippen LogP contribution is -2.38. The number of aryl methyl sites for hydroxylation is 1. The predicted molar refractivity (Wildman–Crippen MR) is 67.6 cm³/mol. The van der Waals surface area contributed by atoms with Gasteiger partial charge in [-0.05, 0) is 18.1 Å². The Morgan fingerprint density at radius 3 is 2.79 bits per heavy atom. The Hall–Kier alpha value is -2.70. The van der Waals surface area contributed by atoms with Crippen LogP contribution in [-0.2, 0) is 4.79 Å². The first-order valence-corrected chi connectivity index (χ1v) is 5.71. The van der Waals surface area contributed by atoms with Gasteiger partial charge in [0.25, 0.3) is 5.91 Å². The summed E-state index contributed by atoms with van der Waals surface area (Å²) in [6, 6.07) is 7.24. The van der Waals surface area contributed by atoms with Crippen molar-refractivity contribution >= 4 is 23.7 Å². The molecule has 3 N–H and O–H groups in total. The van der Waals surface area contributed by atoms with Gasteiger partial charge in [0.1, 0.15) is 5.92 Å². The number of nitrogen functional groups attached to an aromatic ring is 1. The van der Waals surface area contributed by atoms with Crippen molar-refractivity contribution in [1.29, 1.82) is 0 Å². The molecule has 1 aromatic carbocycles. The van der Waals surface area contributed by atoms with Crippen LogP contribution in [0.1, 0.15) is 21.8 Å². The first-order chi connectivity index (χ1) is 9.08. The van der Waals surface area contributed by atoms with Gasteiger partial charge in [0.15, 0.2) is 0 Å². The van der Waals surface area contributed by atoms with Crippen LogP contribution in [0.15, 0.2) is 24.3 Å². The largest absolute Gasteiger partial charge is 0.366 e. The summed E-state index contributed by atoms with van der Waals surface area (Å²) in [5.74, 6) is -1.77. The zero-order chi connectivity index (χ0) is 13.6. The minimum absolute atomic E-state index is 0.0471. The van der Waals surface area contributed by atoms with E-state index in [9.17, 15) is 9.59 Å². The number of hydrogen-bond acceptors (Lipinski definition) is 5. The van der Waals surface area contributed by atoms with Crippen LogP contribution < -0.4 is 11.1 Å². The lowest BCUT2D eigenvalue weighted by atomic mass is 9.92. The molecule has 2 heterocycles. The van der Waals surface area contributed by atoms with E-state index in [1.807, 2.05) is 19.1 Å². The number of aromatic nitrogens is 3. The fraction of sp³-hybridized carbons (Fsp3) is 0.167. The maximum atomic E-state index is 12.3.